The van der Waals surface area contributed by atoms with Crippen molar-refractivity contribution in [2.75, 3.05) is 14.2 Å². The molecule has 1 aromatic rings. The van der Waals surface area contributed by atoms with E-state index < -0.39 is 10.0 Å². The van der Waals surface area contributed by atoms with Crippen molar-refractivity contribution < 1.29 is 17.9 Å². The van der Waals surface area contributed by atoms with E-state index in [1.54, 1.807) is 23.7 Å². The highest BCUT2D eigenvalue weighted by Gasteiger charge is 2.56. The van der Waals surface area contributed by atoms with E-state index in [0.29, 0.717) is 16.4 Å². The molecule has 0 N–H and O–H groups in total. The van der Waals surface area contributed by atoms with Crippen molar-refractivity contribution in [3.63, 3.8) is 0 Å². The molecule has 5 nitrogen and oxygen atoms in total. The molecule has 1 fully saturated rings. The SMILES string of the molecule is COc1cc2c(cc1OC)S(=O)(=O)N1C=C[C@@]23CCCC[C@H]13. The normalized spacial score (nSPS) is 30.6. The zero-order valence-electron chi connectivity index (χ0n) is 12.7. The van der Waals surface area contributed by atoms with Crippen LogP contribution in [0.4, 0.5) is 0 Å². The van der Waals surface area contributed by atoms with Crippen molar-refractivity contribution in [2.45, 2.75) is 42.0 Å². The lowest BCUT2D eigenvalue weighted by atomic mass is 9.67. The zero-order valence-corrected chi connectivity index (χ0v) is 13.5. The summed E-state index contributed by atoms with van der Waals surface area (Å²) in [5, 5.41) is 0. The maximum absolute atomic E-state index is 13.0. The third kappa shape index (κ3) is 1.51. The summed E-state index contributed by atoms with van der Waals surface area (Å²) in [6.07, 6.45) is 7.89. The zero-order chi connectivity index (χ0) is 15.5. The molecule has 3 aliphatic rings. The van der Waals surface area contributed by atoms with Crippen molar-refractivity contribution in [1.82, 2.24) is 4.31 Å². The molecule has 118 valence electrons. The minimum atomic E-state index is -3.51. The third-order valence-corrected chi connectivity index (χ3v) is 7.11. The van der Waals surface area contributed by atoms with Crippen LogP contribution in [0.5, 0.6) is 11.5 Å². The van der Waals surface area contributed by atoms with Crippen LogP contribution in [-0.2, 0) is 15.4 Å². The molecule has 2 heterocycles. The Hall–Kier alpha value is -1.69. The minimum absolute atomic E-state index is 0.0110. The second-order valence-corrected chi connectivity index (χ2v) is 7.97. The van der Waals surface area contributed by atoms with Crippen LogP contribution in [0.3, 0.4) is 0 Å². The van der Waals surface area contributed by atoms with Gasteiger partial charge in [-0.15, -0.1) is 0 Å². The van der Waals surface area contributed by atoms with Gasteiger partial charge in [-0.05, 0) is 24.5 Å². The highest BCUT2D eigenvalue weighted by Crippen LogP contribution is 2.55. The van der Waals surface area contributed by atoms with Crippen molar-refractivity contribution in [3.05, 3.63) is 30.0 Å². The molecule has 0 saturated heterocycles. The third-order valence-electron chi connectivity index (χ3n) is 5.28. The van der Waals surface area contributed by atoms with Crippen molar-refractivity contribution >= 4 is 10.0 Å². The molecule has 6 heteroatoms. The number of hydrogen-bond donors (Lipinski definition) is 0. The van der Waals surface area contributed by atoms with Crippen molar-refractivity contribution in [1.29, 1.82) is 0 Å². The van der Waals surface area contributed by atoms with Gasteiger partial charge in [0.1, 0.15) is 0 Å². The molecular weight excluding hydrogens is 302 g/mol. The Bertz CT molecular complexity index is 771. The number of fused-ring (bicyclic) bond motifs is 1. The molecule has 1 saturated carbocycles. The average molecular weight is 321 g/mol. The van der Waals surface area contributed by atoms with Gasteiger partial charge in [0.15, 0.2) is 11.5 Å². The van der Waals surface area contributed by atoms with Gasteiger partial charge >= 0.3 is 0 Å². The summed E-state index contributed by atoms with van der Waals surface area (Å²) in [4.78, 5) is 0.355. The second-order valence-electron chi connectivity index (χ2n) is 6.16. The number of sulfonamides is 1. The Morgan fingerprint density at radius 2 is 1.91 bits per heavy atom. The van der Waals surface area contributed by atoms with Crippen LogP contribution in [0.1, 0.15) is 31.2 Å². The van der Waals surface area contributed by atoms with Gasteiger partial charge in [-0.1, -0.05) is 18.9 Å². The first kappa shape index (κ1) is 13.9. The van der Waals surface area contributed by atoms with Crippen molar-refractivity contribution in [2.24, 2.45) is 0 Å². The Kier molecular flexibility index (Phi) is 2.79. The van der Waals surface area contributed by atoms with Gasteiger partial charge in [0.2, 0.25) is 0 Å². The van der Waals surface area contributed by atoms with Crippen LogP contribution >= 0.6 is 0 Å². The predicted molar refractivity (Wildman–Crippen MR) is 81.6 cm³/mol. The number of ether oxygens (including phenoxy) is 2. The largest absolute Gasteiger partial charge is 0.493 e. The quantitative estimate of drug-likeness (QED) is 0.839. The van der Waals surface area contributed by atoms with E-state index in [4.69, 9.17) is 9.47 Å². The minimum Gasteiger partial charge on any atom is -0.493 e. The van der Waals surface area contributed by atoms with E-state index in [2.05, 4.69) is 6.08 Å². The maximum atomic E-state index is 13.0. The molecule has 0 unspecified atom stereocenters. The summed E-state index contributed by atoms with van der Waals surface area (Å²) < 4.78 is 38.2. The Balaban J connectivity index is 2.04. The molecular formula is C16H19NO4S. The molecule has 0 amide bonds. The summed E-state index contributed by atoms with van der Waals surface area (Å²) in [5.41, 5.74) is 0.651. The summed E-state index contributed by atoms with van der Waals surface area (Å²) in [7, 11) is -0.413. The van der Waals surface area contributed by atoms with Crippen LogP contribution in [0.15, 0.2) is 29.3 Å². The summed E-state index contributed by atoms with van der Waals surface area (Å²) in [6, 6.07) is 3.48. The molecule has 22 heavy (non-hydrogen) atoms. The van der Waals surface area contributed by atoms with E-state index in [9.17, 15) is 8.42 Å². The first-order valence-corrected chi connectivity index (χ1v) is 8.98. The van der Waals surface area contributed by atoms with E-state index in [1.165, 1.54) is 7.11 Å². The van der Waals surface area contributed by atoms with E-state index >= 15 is 0 Å². The van der Waals surface area contributed by atoms with Gasteiger partial charge in [-0.2, -0.15) is 0 Å². The Morgan fingerprint density at radius 1 is 1.18 bits per heavy atom. The van der Waals surface area contributed by atoms with Gasteiger partial charge in [-0.25, -0.2) is 8.42 Å². The van der Waals surface area contributed by atoms with E-state index in [1.807, 2.05) is 6.07 Å². The number of hydrogen-bond acceptors (Lipinski definition) is 4. The molecule has 1 aromatic carbocycles. The van der Waals surface area contributed by atoms with Crippen LogP contribution in [0, 0.1) is 0 Å². The van der Waals surface area contributed by atoms with Crippen LogP contribution in [0.25, 0.3) is 0 Å². The molecule has 2 aliphatic heterocycles. The maximum Gasteiger partial charge on any atom is 0.264 e. The summed E-state index contributed by atoms with van der Waals surface area (Å²) in [5.74, 6) is 1.04. The second kappa shape index (κ2) is 4.41. The fraction of sp³-hybridized carbons (Fsp3) is 0.500. The fourth-order valence-electron chi connectivity index (χ4n) is 4.24. The topological polar surface area (TPSA) is 55.8 Å². The molecule has 4 rings (SSSR count). The van der Waals surface area contributed by atoms with Gasteiger partial charge in [-0.3, -0.25) is 4.31 Å². The van der Waals surface area contributed by atoms with Gasteiger partial charge < -0.3 is 9.47 Å². The first-order chi connectivity index (χ1) is 10.5. The van der Waals surface area contributed by atoms with Gasteiger partial charge in [0.25, 0.3) is 10.0 Å². The van der Waals surface area contributed by atoms with Crippen LogP contribution < -0.4 is 9.47 Å². The predicted octanol–water partition coefficient (Wildman–Crippen LogP) is 2.42. The number of rotatable bonds is 2. The van der Waals surface area contributed by atoms with Gasteiger partial charge in [0, 0.05) is 17.7 Å². The van der Waals surface area contributed by atoms with Crippen molar-refractivity contribution in [3.8, 4) is 11.5 Å². The lowest BCUT2D eigenvalue weighted by molar-refractivity contribution is 0.222. The molecule has 0 radical (unpaired) electrons. The lowest BCUT2D eigenvalue weighted by Crippen LogP contribution is -2.51. The summed E-state index contributed by atoms with van der Waals surface area (Å²) >= 11 is 0. The number of benzene rings is 1. The molecule has 1 aliphatic carbocycles. The molecule has 0 spiro atoms. The number of methoxy groups -OCH3 is 2. The Labute approximate surface area is 130 Å². The highest BCUT2D eigenvalue weighted by molar-refractivity contribution is 7.89. The summed E-state index contributed by atoms with van der Waals surface area (Å²) in [6.45, 7) is 0. The fourth-order valence-corrected chi connectivity index (χ4v) is 6.10. The Morgan fingerprint density at radius 3 is 2.64 bits per heavy atom. The first-order valence-electron chi connectivity index (χ1n) is 7.54. The van der Waals surface area contributed by atoms with E-state index in [0.717, 1.165) is 31.2 Å². The standard InChI is InChI=1S/C16H19NO4S/c1-20-12-9-11-14(10-13(12)21-2)22(18,19)17-8-7-16(11)6-4-3-5-15(16)17/h7-10,15H,3-6H2,1-2H3/t15-,16-/m0/s1. The molecule has 2 bridgehead atoms. The average Bonchev–Trinajstić information content (AvgIpc) is 2.90. The molecule has 0 aromatic heterocycles. The number of nitrogens with zero attached hydrogens (tertiary/aromatic N) is 1. The molecule has 2 atom stereocenters. The van der Waals surface area contributed by atoms with E-state index in [-0.39, 0.29) is 11.5 Å². The highest BCUT2D eigenvalue weighted by atomic mass is 32.2. The van der Waals surface area contributed by atoms with Crippen LogP contribution in [-0.4, -0.2) is 33.0 Å². The van der Waals surface area contributed by atoms with Gasteiger partial charge in [0.05, 0.1) is 25.2 Å². The smallest absolute Gasteiger partial charge is 0.264 e. The monoisotopic (exact) mass is 321 g/mol. The van der Waals surface area contributed by atoms with Crippen LogP contribution in [0.2, 0.25) is 0 Å². The lowest BCUT2D eigenvalue weighted by Gasteiger charge is -2.46.